The maximum atomic E-state index is 12.8. The van der Waals surface area contributed by atoms with Gasteiger partial charge in [-0.3, -0.25) is 0 Å². The number of nitrogens with zero attached hydrogens (tertiary/aromatic N) is 1. The fourth-order valence-corrected chi connectivity index (χ4v) is 7.70. The minimum Gasteiger partial charge on any atom is -0.392 e. The van der Waals surface area contributed by atoms with Crippen LogP contribution in [0.2, 0.25) is 0 Å². The fourth-order valence-electron chi connectivity index (χ4n) is 6.67. The van der Waals surface area contributed by atoms with Crippen molar-refractivity contribution in [2.24, 2.45) is 5.92 Å². The van der Waals surface area contributed by atoms with Crippen molar-refractivity contribution in [2.45, 2.75) is 75.6 Å². The van der Waals surface area contributed by atoms with E-state index in [2.05, 4.69) is 46.9 Å². The number of ether oxygens (including phenoxy) is 2. The topological polar surface area (TPSA) is 88.1 Å². The molecule has 7 nitrogen and oxygen atoms in total. The van der Waals surface area contributed by atoms with Crippen LogP contribution in [-0.4, -0.2) is 44.2 Å². The molecule has 2 heterocycles. The van der Waals surface area contributed by atoms with Gasteiger partial charge in [0.1, 0.15) is 0 Å². The Morgan fingerprint density at radius 3 is 2.15 bits per heavy atom. The molecule has 6 rings (SSSR count). The van der Waals surface area contributed by atoms with Gasteiger partial charge >= 0.3 is 0 Å². The van der Waals surface area contributed by atoms with Crippen LogP contribution in [0.3, 0.4) is 0 Å². The van der Waals surface area contributed by atoms with Crippen LogP contribution in [-0.2, 0) is 32.6 Å². The average Bonchev–Trinajstić information content (AvgIpc) is 3.10. The highest BCUT2D eigenvalue weighted by Gasteiger charge is 2.39. The molecule has 2 aliphatic heterocycles. The van der Waals surface area contributed by atoms with E-state index in [9.17, 15) is 13.5 Å². The number of aliphatic hydroxyl groups excluding tert-OH is 1. The van der Waals surface area contributed by atoms with E-state index in [0.717, 1.165) is 53.0 Å². The van der Waals surface area contributed by atoms with Crippen LogP contribution in [0.25, 0.3) is 11.1 Å². The summed E-state index contributed by atoms with van der Waals surface area (Å²) in [5, 5.41) is 9.61. The Morgan fingerprint density at radius 2 is 1.43 bits per heavy atom. The molecule has 4 aromatic rings. The number of sulfonamides is 1. The maximum absolute atomic E-state index is 12.8. The van der Waals surface area contributed by atoms with Gasteiger partial charge in [-0.15, -0.1) is 0 Å². The van der Waals surface area contributed by atoms with Crippen LogP contribution >= 0.6 is 0 Å². The van der Waals surface area contributed by atoms with Gasteiger partial charge in [-0.2, -0.15) is 0 Å². The van der Waals surface area contributed by atoms with E-state index in [-0.39, 0.29) is 36.2 Å². The highest BCUT2D eigenvalue weighted by Crippen LogP contribution is 2.42. The number of rotatable bonds is 10. The van der Waals surface area contributed by atoms with E-state index in [1.807, 2.05) is 42.5 Å². The number of aliphatic hydroxyl groups is 1. The lowest BCUT2D eigenvalue weighted by Gasteiger charge is -2.43. The molecule has 0 amide bonds. The first-order chi connectivity index (χ1) is 22.9. The first-order valence-corrected chi connectivity index (χ1v) is 18.3. The molecule has 248 valence electrons. The van der Waals surface area contributed by atoms with Crippen molar-refractivity contribution in [3.05, 3.63) is 125 Å². The lowest BCUT2D eigenvalue weighted by Crippen LogP contribution is -2.45. The first kappa shape index (κ1) is 33.5. The third-order valence-corrected chi connectivity index (χ3v) is 10.9. The van der Waals surface area contributed by atoms with Crippen LogP contribution in [0.15, 0.2) is 108 Å². The Labute approximate surface area is 279 Å². The number of benzene rings is 4. The molecule has 0 saturated carbocycles. The van der Waals surface area contributed by atoms with E-state index < -0.39 is 16.3 Å². The molecule has 0 radical (unpaired) electrons. The summed E-state index contributed by atoms with van der Waals surface area (Å²) in [5.41, 5.74) is 5.77. The molecule has 2 fully saturated rings. The fraction of sp³-hybridized carbons (Fsp3) is 0.385. The molecule has 2 saturated heterocycles. The van der Waals surface area contributed by atoms with Gasteiger partial charge in [0, 0.05) is 24.6 Å². The number of hydrogen-bond donors (Lipinski definition) is 2. The summed E-state index contributed by atoms with van der Waals surface area (Å²) in [7, 11) is -3.61. The zero-order chi connectivity index (χ0) is 32.6. The predicted octanol–water partition coefficient (Wildman–Crippen LogP) is 7.38. The Hall–Kier alpha value is -3.37. The van der Waals surface area contributed by atoms with Gasteiger partial charge in [0.15, 0.2) is 6.29 Å². The van der Waals surface area contributed by atoms with Crippen LogP contribution in [0.4, 0.5) is 0 Å². The molecule has 0 unspecified atom stereocenters. The van der Waals surface area contributed by atoms with Crippen molar-refractivity contribution in [3.8, 4) is 11.1 Å². The lowest BCUT2D eigenvalue weighted by molar-refractivity contribution is -0.276. The molecule has 0 aromatic heterocycles. The molecule has 0 aliphatic carbocycles. The largest absolute Gasteiger partial charge is 0.392 e. The lowest BCUT2D eigenvalue weighted by atomic mass is 9.89. The second-order valence-electron chi connectivity index (χ2n) is 12.9. The third-order valence-electron chi connectivity index (χ3n) is 9.45. The molecule has 8 heteroatoms. The third kappa shape index (κ3) is 8.57. The summed E-state index contributed by atoms with van der Waals surface area (Å²) in [6, 6.07) is 32.7. The molecule has 0 bridgehead atoms. The van der Waals surface area contributed by atoms with E-state index >= 15 is 0 Å². The molecule has 4 atom stereocenters. The Bertz CT molecular complexity index is 1690. The van der Waals surface area contributed by atoms with Gasteiger partial charge in [0.25, 0.3) is 0 Å². The normalized spacial score (nSPS) is 22.8. The summed E-state index contributed by atoms with van der Waals surface area (Å²) in [6.07, 6.45) is 5.63. The minimum atomic E-state index is -3.61. The van der Waals surface area contributed by atoms with Crippen LogP contribution in [0.5, 0.6) is 0 Å². The van der Waals surface area contributed by atoms with Crippen LogP contribution < -0.4 is 4.72 Å². The molecule has 2 N–H and O–H groups in total. The molecule has 2 aliphatic rings. The van der Waals surface area contributed by atoms with Crippen LogP contribution in [0, 0.1) is 5.92 Å². The van der Waals surface area contributed by atoms with Crippen molar-refractivity contribution < 1.29 is 23.0 Å². The van der Waals surface area contributed by atoms with Gasteiger partial charge in [0.05, 0.1) is 23.7 Å². The van der Waals surface area contributed by atoms with Crippen molar-refractivity contribution in [2.75, 3.05) is 19.6 Å². The summed E-state index contributed by atoms with van der Waals surface area (Å²) >= 11 is 0. The standard InChI is InChI=1S/C39H46N2O5S/c1-29-37(27-41-22-8-3-2-4-9-23-41)45-39(46-38(29)32-20-18-30(28-42)19-21-32)35-15-11-14-34(25-35)33-13-10-12-31(24-33)26-40-47(43,44)36-16-6-5-7-17-36/h5-7,10-21,24-25,29,37-40,42H,2-4,8-9,22-23,26-28H2,1H3/t29-,37+,38+,39+/m1/s1. The second kappa shape index (κ2) is 15.7. The molecular weight excluding hydrogens is 609 g/mol. The monoisotopic (exact) mass is 654 g/mol. The highest BCUT2D eigenvalue weighted by molar-refractivity contribution is 7.89. The summed E-state index contributed by atoms with van der Waals surface area (Å²) in [5.74, 6) is 0.135. The van der Waals surface area contributed by atoms with E-state index in [1.165, 1.54) is 32.1 Å². The molecule has 4 aromatic carbocycles. The smallest absolute Gasteiger partial charge is 0.240 e. The molecule has 47 heavy (non-hydrogen) atoms. The van der Waals surface area contributed by atoms with Crippen molar-refractivity contribution >= 4 is 10.0 Å². The Kier molecular flexibility index (Phi) is 11.2. The summed E-state index contributed by atoms with van der Waals surface area (Å²) < 4.78 is 41.9. The quantitative estimate of drug-likeness (QED) is 0.186. The maximum Gasteiger partial charge on any atom is 0.240 e. The predicted molar refractivity (Wildman–Crippen MR) is 185 cm³/mol. The number of likely N-dealkylation sites (tertiary alicyclic amines) is 1. The molecular formula is C39H46N2O5S. The van der Waals surface area contributed by atoms with Gasteiger partial charge in [-0.25, -0.2) is 13.1 Å². The Balaban J connectivity index is 1.23. The zero-order valence-corrected chi connectivity index (χ0v) is 27.9. The van der Waals surface area contributed by atoms with Crippen LogP contribution in [0.1, 0.15) is 73.7 Å². The highest BCUT2D eigenvalue weighted by atomic mass is 32.2. The zero-order valence-electron chi connectivity index (χ0n) is 27.1. The molecule has 0 spiro atoms. The Morgan fingerprint density at radius 1 is 0.745 bits per heavy atom. The van der Waals surface area contributed by atoms with Gasteiger partial charge < -0.3 is 19.5 Å². The van der Waals surface area contributed by atoms with E-state index in [1.54, 1.807) is 30.3 Å². The SMILES string of the molecule is C[C@@H]1[C@H](CN2CCCCCCC2)O[C@H](c2cccc(-c3cccc(CNS(=O)(=O)c4ccccc4)c3)c2)O[C@@H]1c1ccc(CO)cc1. The first-order valence-electron chi connectivity index (χ1n) is 16.9. The average molecular weight is 655 g/mol. The van der Waals surface area contributed by atoms with E-state index in [4.69, 9.17) is 9.47 Å². The number of nitrogens with one attached hydrogen (secondary N) is 1. The van der Waals surface area contributed by atoms with Gasteiger partial charge in [-0.05, 0) is 78.0 Å². The van der Waals surface area contributed by atoms with Crippen molar-refractivity contribution in [1.82, 2.24) is 9.62 Å². The van der Waals surface area contributed by atoms with Gasteiger partial charge in [-0.1, -0.05) is 105 Å². The second-order valence-corrected chi connectivity index (χ2v) is 14.6. The van der Waals surface area contributed by atoms with Gasteiger partial charge in [0.2, 0.25) is 10.0 Å². The van der Waals surface area contributed by atoms with Crippen molar-refractivity contribution in [1.29, 1.82) is 0 Å². The summed E-state index contributed by atoms with van der Waals surface area (Å²) in [4.78, 5) is 2.82. The minimum absolute atomic E-state index is 0.0115. The van der Waals surface area contributed by atoms with Crippen molar-refractivity contribution in [3.63, 3.8) is 0 Å². The number of hydrogen-bond acceptors (Lipinski definition) is 6. The summed E-state index contributed by atoms with van der Waals surface area (Å²) in [6.45, 7) is 5.49. The van der Waals surface area contributed by atoms with E-state index in [0.29, 0.717) is 0 Å².